The fraction of sp³-hybridized carbons (Fsp3) is 0.278. The van der Waals surface area contributed by atoms with Crippen molar-refractivity contribution in [1.82, 2.24) is 10.2 Å². The molecule has 0 aromatic heterocycles. The van der Waals surface area contributed by atoms with Crippen LogP contribution in [0.1, 0.15) is 22.3 Å². The summed E-state index contributed by atoms with van der Waals surface area (Å²) in [6.07, 6.45) is 0.821. The molecule has 0 bridgehead atoms. The zero-order valence-corrected chi connectivity index (χ0v) is 15.3. The van der Waals surface area contributed by atoms with Crippen LogP contribution >= 0.6 is 23.2 Å². The molecule has 1 atom stereocenters. The number of nitro benzene ring substituents is 1. The van der Waals surface area contributed by atoms with Crippen LogP contribution in [0.3, 0.4) is 0 Å². The summed E-state index contributed by atoms with van der Waals surface area (Å²) in [5.41, 5.74) is 0.980. The molecular weight excluding hydrogens is 377 g/mol. The van der Waals surface area contributed by atoms with Crippen molar-refractivity contribution in [1.29, 1.82) is 0 Å². The molecule has 0 saturated carbocycles. The molecule has 1 amide bonds. The minimum atomic E-state index is -0.651. The first-order chi connectivity index (χ1) is 12.4. The second-order valence-corrected chi connectivity index (χ2v) is 7.01. The number of likely N-dealkylation sites (tertiary alicyclic amines) is 1. The first-order valence-electron chi connectivity index (χ1n) is 8.14. The van der Waals surface area contributed by atoms with Gasteiger partial charge in [-0.2, -0.15) is 0 Å². The van der Waals surface area contributed by atoms with Gasteiger partial charge in [0.1, 0.15) is 5.02 Å². The zero-order valence-electron chi connectivity index (χ0n) is 13.8. The van der Waals surface area contributed by atoms with Crippen LogP contribution in [-0.2, 0) is 6.54 Å². The van der Waals surface area contributed by atoms with E-state index >= 15 is 0 Å². The smallest absolute Gasteiger partial charge is 0.290 e. The summed E-state index contributed by atoms with van der Waals surface area (Å²) in [6.45, 7) is 2.43. The number of amides is 1. The lowest BCUT2D eigenvalue weighted by molar-refractivity contribution is -0.384. The highest BCUT2D eigenvalue weighted by molar-refractivity contribution is 6.43. The van der Waals surface area contributed by atoms with Crippen LogP contribution in [0, 0.1) is 10.1 Å². The average molecular weight is 394 g/mol. The summed E-state index contributed by atoms with van der Waals surface area (Å²) < 4.78 is 0. The maximum absolute atomic E-state index is 12.5. The molecular formula is C18H17Cl2N3O3. The van der Waals surface area contributed by atoms with Crippen LogP contribution < -0.4 is 5.32 Å². The van der Waals surface area contributed by atoms with Gasteiger partial charge in [0.05, 0.1) is 9.95 Å². The minimum absolute atomic E-state index is 0.0110. The van der Waals surface area contributed by atoms with Crippen molar-refractivity contribution in [3.63, 3.8) is 0 Å². The Labute approximate surface area is 160 Å². The van der Waals surface area contributed by atoms with E-state index in [1.54, 1.807) is 0 Å². The van der Waals surface area contributed by atoms with Gasteiger partial charge in [0, 0.05) is 37.3 Å². The number of rotatable bonds is 5. The minimum Gasteiger partial charge on any atom is -0.348 e. The number of carbonyl (C=O) groups excluding carboxylic acids is 1. The van der Waals surface area contributed by atoms with Crippen molar-refractivity contribution < 1.29 is 9.72 Å². The van der Waals surface area contributed by atoms with Crippen molar-refractivity contribution >= 4 is 34.8 Å². The zero-order chi connectivity index (χ0) is 18.7. The Hall–Kier alpha value is -2.15. The Balaban J connectivity index is 1.63. The number of halogens is 2. The summed E-state index contributed by atoms with van der Waals surface area (Å²) in [7, 11) is 0. The van der Waals surface area contributed by atoms with Gasteiger partial charge in [-0.15, -0.1) is 0 Å². The van der Waals surface area contributed by atoms with Crippen LogP contribution in [0.25, 0.3) is 0 Å². The van der Waals surface area contributed by atoms with Crippen LogP contribution in [-0.4, -0.2) is 34.9 Å². The molecule has 26 heavy (non-hydrogen) atoms. The fourth-order valence-electron chi connectivity index (χ4n) is 3.04. The lowest BCUT2D eigenvalue weighted by atomic mass is 10.1. The lowest BCUT2D eigenvalue weighted by Crippen LogP contribution is -2.37. The number of nitro groups is 1. The Morgan fingerprint density at radius 2 is 2.00 bits per heavy atom. The number of hydrogen-bond acceptors (Lipinski definition) is 4. The Morgan fingerprint density at radius 3 is 2.69 bits per heavy atom. The van der Waals surface area contributed by atoms with E-state index in [9.17, 15) is 14.9 Å². The number of nitrogens with zero attached hydrogens (tertiary/aromatic N) is 2. The Bertz CT molecular complexity index is 830. The largest absolute Gasteiger partial charge is 0.348 e. The highest BCUT2D eigenvalue weighted by Gasteiger charge is 2.26. The summed E-state index contributed by atoms with van der Waals surface area (Å²) in [6, 6.07) is 12.6. The number of hydrogen-bond donors (Lipinski definition) is 1. The van der Waals surface area contributed by atoms with Gasteiger partial charge in [-0.05, 0) is 18.1 Å². The van der Waals surface area contributed by atoms with Crippen LogP contribution in [0.5, 0.6) is 0 Å². The summed E-state index contributed by atoms with van der Waals surface area (Å²) in [5, 5.41) is 13.8. The van der Waals surface area contributed by atoms with Crippen molar-refractivity contribution in [2.75, 3.05) is 13.1 Å². The molecule has 6 nitrogen and oxygen atoms in total. The second kappa shape index (κ2) is 8.03. The van der Waals surface area contributed by atoms with E-state index in [0.29, 0.717) is 0 Å². The van der Waals surface area contributed by atoms with Gasteiger partial charge in [0.25, 0.3) is 11.6 Å². The van der Waals surface area contributed by atoms with Gasteiger partial charge in [0.2, 0.25) is 0 Å². The molecule has 1 heterocycles. The monoisotopic (exact) mass is 393 g/mol. The third kappa shape index (κ3) is 4.33. The summed E-state index contributed by atoms with van der Waals surface area (Å²) in [4.78, 5) is 25.1. The normalized spacial score (nSPS) is 17.2. The molecule has 1 aliphatic rings. The van der Waals surface area contributed by atoms with E-state index in [4.69, 9.17) is 23.2 Å². The van der Waals surface area contributed by atoms with Gasteiger partial charge >= 0.3 is 0 Å². The first-order valence-corrected chi connectivity index (χ1v) is 8.90. The maximum atomic E-state index is 12.5. The SMILES string of the molecule is O=C(NC1CCN(Cc2ccccc2)C1)c1cc(Cl)c(Cl)c([N+](=O)[O-])c1. The average Bonchev–Trinajstić information content (AvgIpc) is 3.04. The van der Waals surface area contributed by atoms with Crippen LogP contribution in [0.2, 0.25) is 10.0 Å². The van der Waals surface area contributed by atoms with Crippen molar-refractivity contribution in [2.45, 2.75) is 19.0 Å². The third-order valence-electron chi connectivity index (χ3n) is 4.32. The topological polar surface area (TPSA) is 75.5 Å². The number of nitrogens with one attached hydrogen (secondary N) is 1. The summed E-state index contributed by atoms with van der Waals surface area (Å²) >= 11 is 11.7. The molecule has 2 aromatic rings. The van der Waals surface area contributed by atoms with Gasteiger partial charge in [-0.1, -0.05) is 53.5 Å². The summed E-state index contributed by atoms with van der Waals surface area (Å²) in [5.74, 6) is -0.391. The van der Waals surface area contributed by atoms with Crippen molar-refractivity contribution in [2.24, 2.45) is 0 Å². The van der Waals surface area contributed by atoms with Gasteiger partial charge in [0.15, 0.2) is 0 Å². The molecule has 1 N–H and O–H groups in total. The Morgan fingerprint density at radius 1 is 1.27 bits per heavy atom. The van der Waals surface area contributed by atoms with E-state index in [0.717, 1.165) is 32.1 Å². The quantitative estimate of drug-likeness (QED) is 0.617. The number of benzene rings is 2. The Kier molecular flexibility index (Phi) is 5.76. The van der Waals surface area contributed by atoms with Crippen LogP contribution in [0.4, 0.5) is 5.69 Å². The number of carbonyl (C=O) groups is 1. The second-order valence-electron chi connectivity index (χ2n) is 6.23. The molecule has 1 fully saturated rings. The van der Waals surface area contributed by atoms with Crippen molar-refractivity contribution in [3.05, 3.63) is 73.8 Å². The molecule has 0 aliphatic carbocycles. The molecule has 2 aromatic carbocycles. The van der Waals surface area contributed by atoms with E-state index in [2.05, 4.69) is 22.3 Å². The van der Waals surface area contributed by atoms with Gasteiger partial charge in [-0.25, -0.2) is 0 Å². The third-order valence-corrected chi connectivity index (χ3v) is 5.12. The van der Waals surface area contributed by atoms with E-state index in [1.165, 1.54) is 11.6 Å². The standard InChI is InChI=1S/C18H17Cl2N3O3/c19-15-8-13(9-16(17(15)20)23(25)26)18(24)21-14-6-7-22(11-14)10-12-4-2-1-3-5-12/h1-5,8-9,14H,6-7,10-11H2,(H,21,24). The molecule has 1 aliphatic heterocycles. The molecule has 0 spiro atoms. The highest BCUT2D eigenvalue weighted by atomic mass is 35.5. The molecule has 3 rings (SSSR count). The van der Waals surface area contributed by atoms with E-state index in [1.807, 2.05) is 18.2 Å². The van der Waals surface area contributed by atoms with Gasteiger partial charge in [-0.3, -0.25) is 19.8 Å². The van der Waals surface area contributed by atoms with Crippen molar-refractivity contribution in [3.8, 4) is 0 Å². The lowest BCUT2D eigenvalue weighted by Gasteiger charge is -2.17. The molecule has 136 valence electrons. The maximum Gasteiger partial charge on any atom is 0.290 e. The van der Waals surface area contributed by atoms with E-state index in [-0.39, 0.29) is 27.3 Å². The van der Waals surface area contributed by atoms with E-state index < -0.39 is 10.8 Å². The van der Waals surface area contributed by atoms with Crippen LogP contribution in [0.15, 0.2) is 42.5 Å². The predicted octanol–water partition coefficient (Wildman–Crippen LogP) is 3.91. The molecule has 1 saturated heterocycles. The predicted molar refractivity (Wildman–Crippen MR) is 101 cm³/mol. The molecule has 0 radical (unpaired) electrons. The fourth-order valence-corrected chi connectivity index (χ4v) is 3.44. The van der Waals surface area contributed by atoms with Gasteiger partial charge < -0.3 is 5.32 Å². The first kappa shape index (κ1) is 18.6. The molecule has 8 heteroatoms. The molecule has 1 unspecified atom stereocenters. The highest BCUT2D eigenvalue weighted by Crippen LogP contribution is 2.33.